The number of halogens is 2. The van der Waals surface area contributed by atoms with Crippen LogP contribution in [0, 0.1) is 17.3 Å². The maximum Gasteiger partial charge on any atom is 0.354 e. The largest absolute Gasteiger partial charge is 0.466 e. The van der Waals surface area contributed by atoms with Gasteiger partial charge in [0, 0.05) is 11.8 Å². The van der Waals surface area contributed by atoms with Gasteiger partial charge in [0.2, 0.25) is 5.60 Å². The lowest BCUT2D eigenvalue weighted by molar-refractivity contribution is -0.176. The van der Waals surface area contributed by atoms with Crippen molar-refractivity contribution in [1.29, 1.82) is 0 Å². The fourth-order valence-corrected chi connectivity index (χ4v) is 2.94. The number of hydrogen-bond acceptors (Lipinski definition) is 6. The topological polar surface area (TPSA) is 74.2 Å². The number of nitrogens with zero attached hydrogens (tertiary/aromatic N) is 1. The third-order valence-electron chi connectivity index (χ3n) is 4.33. The Kier molecular flexibility index (Phi) is 4.63. The predicted molar refractivity (Wildman–Crippen MR) is 80.5 cm³/mol. The van der Waals surface area contributed by atoms with Crippen LogP contribution in [0.2, 0.25) is 0 Å². The Hall–Kier alpha value is -1.73. The van der Waals surface area contributed by atoms with Crippen LogP contribution in [0.25, 0.3) is 0 Å². The van der Waals surface area contributed by atoms with Crippen molar-refractivity contribution in [3.63, 3.8) is 0 Å². The van der Waals surface area contributed by atoms with Crippen LogP contribution in [0.15, 0.2) is 5.16 Å². The molecule has 1 fully saturated rings. The van der Waals surface area contributed by atoms with Gasteiger partial charge in [-0.1, -0.05) is 25.9 Å². The second kappa shape index (κ2) is 5.97. The molecule has 0 N–H and O–H groups in total. The number of rotatable bonds is 5. The van der Waals surface area contributed by atoms with Gasteiger partial charge in [0.25, 0.3) is 5.92 Å². The fourth-order valence-electron chi connectivity index (χ4n) is 2.94. The van der Waals surface area contributed by atoms with Gasteiger partial charge in [-0.3, -0.25) is 4.79 Å². The summed E-state index contributed by atoms with van der Waals surface area (Å²) in [5.74, 6) is -8.74. The number of ether oxygens (including phenoxy) is 2. The van der Waals surface area contributed by atoms with Gasteiger partial charge < -0.3 is 14.3 Å². The highest BCUT2D eigenvalue weighted by molar-refractivity contribution is 5.98. The van der Waals surface area contributed by atoms with Gasteiger partial charge in [0.1, 0.15) is 5.92 Å². The quantitative estimate of drug-likeness (QED) is 0.715. The maximum atomic E-state index is 14.3. The highest BCUT2D eigenvalue weighted by Gasteiger charge is 2.84. The Bertz CT molecular complexity index is 569. The SMILES string of the molecule is CCOC(=O)C1C(C2(C(=O)OCC)CC(C(C)(C)C)=NO2)C1(F)F. The van der Waals surface area contributed by atoms with Crippen molar-refractivity contribution in [3.8, 4) is 0 Å². The van der Waals surface area contributed by atoms with Gasteiger partial charge in [-0.25, -0.2) is 13.6 Å². The summed E-state index contributed by atoms with van der Waals surface area (Å²) in [6, 6.07) is 0. The normalized spacial score (nSPS) is 31.0. The molecule has 0 spiro atoms. The lowest BCUT2D eigenvalue weighted by Gasteiger charge is -2.25. The molecule has 0 saturated heterocycles. The van der Waals surface area contributed by atoms with E-state index in [1.807, 2.05) is 20.8 Å². The Morgan fingerprint density at radius 1 is 1.25 bits per heavy atom. The molecule has 0 aromatic heterocycles. The summed E-state index contributed by atoms with van der Waals surface area (Å²) in [5, 5.41) is 3.86. The zero-order valence-corrected chi connectivity index (χ0v) is 14.5. The van der Waals surface area contributed by atoms with Crippen molar-refractivity contribution in [3.05, 3.63) is 0 Å². The molecular formula is C16H23F2NO5. The standard InChI is InChI=1S/C16H23F2NO5/c1-6-22-12(20)10-11(16(10,17)18)15(13(21)23-7-2)8-9(19-24-15)14(3,4)5/h10-11H,6-8H2,1-5H3. The van der Waals surface area contributed by atoms with Crippen LogP contribution >= 0.6 is 0 Å². The van der Waals surface area contributed by atoms with Gasteiger partial charge in [0.15, 0.2) is 0 Å². The van der Waals surface area contributed by atoms with E-state index < -0.39 is 40.7 Å². The minimum Gasteiger partial charge on any atom is -0.466 e. The van der Waals surface area contributed by atoms with Crippen molar-refractivity contribution in [2.45, 2.75) is 52.6 Å². The molecule has 1 aliphatic heterocycles. The summed E-state index contributed by atoms with van der Waals surface area (Å²) < 4.78 is 38.3. The van der Waals surface area contributed by atoms with E-state index in [0.717, 1.165) is 0 Å². The summed E-state index contributed by atoms with van der Waals surface area (Å²) in [5.41, 5.74) is -1.97. The first-order valence-corrected chi connectivity index (χ1v) is 7.99. The lowest BCUT2D eigenvalue weighted by atomic mass is 9.81. The molecule has 2 rings (SSSR count). The van der Waals surface area contributed by atoms with Gasteiger partial charge in [-0.05, 0) is 13.8 Å². The molecule has 24 heavy (non-hydrogen) atoms. The summed E-state index contributed by atoms with van der Waals surface area (Å²) in [7, 11) is 0. The maximum absolute atomic E-state index is 14.3. The summed E-state index contributed by atoms with van der Waals surface area (Å²) in [4.78, 5) is 29.5. The number of carbonyl (C=O) groups is 2. The molecule has 0 radical (unpaired) electrons. The van der Waals surface area contributed by atoms with Crippen molar-refractivity contribution >= 4 is 17.7 Å². The minimum atomic E-state index is -3.40. The molecule has 2 aliphatic rings. The van der Waals surface area contributed by atoms with Crippen molar-refractivity contribution in [2.75, 3.05) is 13.2 Å². The molecule has 0 aromatic rings. The van der Waals surface area contributed by atoms with Gasteiger partial charge in [0.05, 0.1) is 24.8 Å². The molecule has 1 aliphatic carbocycles. The Morgan fingerprint density at radius 3 is 2.29 bits per heavy atom. The number of oxime groups is 1. The molecule has 1 saturated carbocycles. The lowest BCUT2D eigenvalue weighted by Crippen LogP contribution is -2.46. The van der Waals surface area contributed by atoms with E-state index in [4.69, 9.17) is 14.3 Å². The highest BCUT2D eigenvalue weighted by atomic mass is 19.3. The molecular weight excluding hydrogens is 324 g/mol. The Balaban J connectivity index is 2.33. The van der Waals surface area contributed by atoms with Gasteiger partial charge in [-0.2, -0.15) is 0 Å². The van der Waals surface area contributed by atoms with E-state index in [1.165, 1.54) is 6.92 Å². The van der Waals surface area contributed by atoms with Gasteiger partial charge >= 0.3 is 11.9 Å². The van der Waals surface area contributed by atoms with Crippen molar-refractivity contribution in [1.82, 2.24) is 0 Å². The van der Waals surface area contributed by atoms with E-state index in [9.17, 15) is 18.4 Å². The van der Waals surface area contributed by atoms with E-state index in [-0.39, 0.29) is 19.6 Å². The third kappa shape index (κ3) is 2.86. The fraction of sp³-hybridized carbons (Fsp3) is 0.812. The number of alkyl halides is 2. The average Bonchev–Trinajstić information content (AvgIpc) is 2.84. The van der Waals surface area contributed by atoms with E-state index in [2.05, 4.69) is 5.16 Å². The summed E-state index contributed by atoms with van der Waals surface area (Å²) in [6.45, 7) is 8.60. The number of carbonyl (C=O) groups excluding carboxylic acids is 2. The van der Waals surface area contributed by atoms with Crippen LogP contribution in [0.1, 0.15) is 41.0 Å². The second-order valence-electron chi connectivity index (χ2n) is 7.05. The molecule has 8 heteroatoms. The van der Waals surface area contributed by atoms with Crippen LogP contribution in [0.4, 0.5) is 8.78 Å². The monoisotopic (exact) mass is 347 g/mol. The molecule has 136 valence electrons. The first-order valence-electron chi connectivity index (χ1n) is 7.99. The number of hydrogen-bond donors (Lipinski definition) is 0. The second-order valence-corrected chi connectivity index (χ2v) is 7.05. The molecule has 0 bridgehead atoms. The molecule has 0 aromatic carbocycles. The first-order chi connectivity index (χ1) is 11.0. The van der Waals surface area contributed by atoms with Crippen LogP contribution in [0.3, 0.4) is 0 Å². The van der Waals surface area contributed by atoms with Crippen LogP contribution < -0.4 is 0 Å². The summed E-state index contributed by atoms with van der Waals surface area (Å²) >= 11 is 0. The molecule has 3 atom stereocenters. The Labute approximate surface area is 139 Å². The number of esters is 2. The molecule has 6 nitrogen and oxygen atoms in total. The average molecular weight is 347 g/mol. The van der Waals surface area contributed by atoms with Crippen LogP contribution in [0.5, 0.6) is 0 Å². The third-order valence-corrected chi connectivity index (χ3v) is 4.33. The van der Waals surface area contributed by atoms with Crippen LogP contribution in [-0.4, -0.2) is 42.4 Å². The van der Waals surface area contributed by atoms with E-state index >= 15 is 0 Å². The smallest absolute Gasteiger partial charge is 0.354 e. The zero-order valence-electron chi connectivity index (χ0n) is 14.5. The van der Waals surface area contributed by atoms with Crippen molar-refractivity contribution in [2.24, 2.45) is 22.4 Å². The van der Waals surface area contributed by atoms with Crippen molar-refractivity contribution < 1.29 is 32.7 Å². The first kappa shape index (κ1) is 18.6. The van der Waals surface area contributed by atoms with Crippen LogP contribution in [-0.2, 0) is 23.9 Å². The molecule has 3 unspecified atom stereocenters. The zero-order chi connectivity index (χ0) is 18.3. The van der Waals surface area contributed by atoms with Gasteiger partial charge in [-0.15, -0.1) is 0 Å². The van der Waals surface area contributed by atoms with E-state index in [1.54, 1.807) is 6.92 Å². The minimum absolute atomic E-state index is 0.0111. The summed E-state index contributed by atoms with van der Waals surface area (Å²) in [6.07, 6.45) is -0.133. The molecule has 1 heterocycles. The Morgan fingerprint density at radius 2 is 1.83 bits per heavy atom. The predicted octanol–water partition coefficient (Wildman–Crippen LogP) is 2.56. The van der Waals surface area contributed by atoms with E-state index in [0.29, 0.717) is 5.71 Å². The molecule has 0 amide bonds. The highest BCUT2D eigenvalue weighted by Crippen LogP contribution is 2.64.